The average molecular weight is 356 g/mol. The Kier molecular flexibility index (Phi) is 4.69. The summed E-state index contributed by atoms with van der Waals surface area (Å²) < 4.78 is 26.4. The molecule has 0 bridgehead atoms. The molecule has 0 atom stereocenters. The Hall–Kier alpha value is -2.51. The van der Waals surface area contributed by atoms with E-state index in [1.165, 1.54) is 4.31 Å². The van der Waals surface area contributed by atoms with Crippen molar-refractivity contribution in [2.24, 2.45) is 15.7 Å². The van der Waals surface area contributed by atoms with Crippen molar-refractivity contribution in [3.8, 4) is 0 Å². The minimum absolute atomic E-state index is 0.259. The Labute approximate surface area is 147 Å². The second-order valence-electron chi connectivity index (χ2n) is 5.56. The molecular weight excluding hydrogens is 336 g/mol. The normalized spacial score (nSPS) is 15.5. The van der Waals surface area contributed by atoms with Gasteiger partial charge in [-0.1, -0.05) is 38.1 Å². The van der Waals surface area contributed by atoms with Crippen LogP contribution >= 0.6 is 0 Å². The summed E-state index contributed by atoms with van der Waals surface area (Å²) in [4.78, 5) is 9.05. The Balaban J connectivity index is 1.93. The number of amidine groups is 2. The van der Waals surface area contributed by atoms with Crippen molar-refractivity contribution >= 4 is 27.4 Å². The number of sulfonamides is 1. The summed E-state index contributed by atoms with van der Waals surface area (Å²) >= 11 is 0. The molecule has 0 unspecified atom stereocenters. The molecule has 3 rings (SSSR count). The topological polar surface area (TPSA) is 88.1 Å². The molecule has 2 N–H and O–H groups in total. The van der Waals surface area contributed by atoms with Gasteiger partial charge in [-0.05, 0) is 24.3 Å². The van der Waals surface area contributed by atoms with Gasteiger partial charge in [0.2, 0.25) is 10.0 Å². The van der Waals surface area contributed by atoms with E-state index in [0.29, 0.717) is 30.4 Å². The van der Waals surface area contributed by atoms with E-state index in [9.17, 15) is 8.42 Å². The van der Waals surface area contributed by atoms with Crippen molar-refractivity contribution in [3.05, 3.63) is 59.7 Å². The van der Waals surface area contributed by atoms with Gasteiger partial charge in [0.05, 0.1) is 10.6 Å². The number of nitrogens with zero attached hydrogens (tertiary/aromatic N) is 3. The molecule has 0 spiro atoms. The first kappa shape index (κ1) is 17.3. The third kappa shape index (κ3) is 3.20. The van der Waals surface area contributed by atoms with Crippen LogP contribution in [0.4, 0.5) is 5.69 Å². The molecule has 1 aliphatic rings. The lowest BCUT2D eigenvalue weighted by Crippen LogP contribution is -2.30. The molecule has 0 fully saturated rings. The largest absolute Gasteiger partial charge is 0.383 e. The minimum atomic E-state index is -3.47. The van der Waals surface area contributed by atoms with Crippen molar-refractivity contribution in [2.75, 3.05) is 13.1 Å². The number of hydrogen-bond donors (Lipinski definition) is 1. The predicted octanol–water partition coefficient (Wildman–Crippen LogP) is 2.51. The van der Waals surface area contributed by atoms with Crippen LogP contribution in [0.5, 0.6) is 0 Å². The lowest BCUT2D eigenvalue weighted by Gasteiger charge is -2.18. The molecule has 1 aliphatic heterocycles. The van der Waals surface area contributed by atoms with E-state index in [2.05, 4.69) is 9.98 Å². The first-order chi connectivity index (χ1) is 12.0. The average Bonchev–Trinajstić information content (AvgIpc) is 2.92. The molecule has 0 aliphatic carbocycles. The van der Waals surface area contributed by atoms with Gasteiger partial charge < -0.3 is 5.73 Å². The van der Waals surface area contributed by atoms with Gasteiger partial charge in [-0.2, -0.15) is 4.31 Å². The van der Waals surface area contributed by atoms with Crippen LogP contribution in [0.15, 0.2) is 63.4 Å². The second-order valence-corrected chi connectivity index (χ2v) is 7.50. The highest BCUT2D eigenvalue weighted by Gasteiger charge is 2.22. The zero-order valence-electron chi connectivity index (χ0n) is 14.2. The summed E-state index contributed by atoms with van der Waals surface area (Å²) in [6.07, 6.45) is 0. The Morgan fingerprint density at radius 3 is 2.20 bits per heavy atom. The fraction of sp³-hybridized carbons (Fsp3) is 0.222. The first-order valence-electron chi connectivity index (χ1n) is 8.10. The first-order valence-corrected chi connectivity index (χ1v) is 9.54. The highest BCUT2D eigenvalue weighted by Crippen LogP contribution is 2.23. The summed E-state index contributed by atoms with van der Waals surface area (Å²) in [6, 6.07) is 14.1. The predicted molar refractivity (Wildman–Crippen MR) is 99.9 cm³/mol. The molecule has 25 heavy (non-hydrogen) atoms. The van der Waals surface area contributed by atoms with E-state index in [4.69, 9.17) is 5.73 Å². The third-order valence-corrected chi connectivity index (χ3v) is 6.15. The Morgan fingerprint density at radius 1 is 1.00 bits per heavy atom. The number of aliphatic imine (C=N–C) groups is 2. The van der Waals surface area contributed by atoms with Crippen LogP contribution in [-0.4, -0.2) is 37.5 Å². The number of nitrogens with two attached hydrogens (primary N) is 1. The van der Waals surface area contributed by atoms with Crippen molar-refractivity contribution < 1.29 is 8.42 Å². The fourth-order valence-electron chi connectivity index (χ4n) is 2.75. The number of fused-ring (bicyclic) bond motifs is 1. The van der Waals surface area contributed by atoms with Gasteiger partial charge in [0.1, 0.15) is 5.84 Å². The monoisotopic (exact) mass is 356 g/mol. The van der Waals surface area contributed by atoms with Gasteiger partial charge >= 0.3 is 0 Å². The number of benzene rings is 2. The number of rotatable bonds is 5. The van der Waals surface area contributed by atoms with E-state index < -0.39 is 10.0 Å². The zero-order chi connectivity index (χ0) is 18.0. The Bertz CT molecular complexity index is 943. The van der Waals surface area contributed by atoms with E-state index >= 15 is 0 Å². The van der Waals surface area contributed by atoms with Gasteiger partial charge in [0.15, 0.2) is 5.84 Å². The van der Waals surface area contributed by atoms with Crippen molar-refractivity contribution in [1.29, 1.82) is 0 Å². The van der Waals surface area contributed by atoms with Gasteiger partial charge in [-0.3, -0.25) is 0 Å². The smallest absolute Gasteiger partial charge is 0.243 e. The van der Waals surface area contributed by atoms with Crippen LogP contribution in [0.1, 0.15) is 25.0 Å². The molecule has 0 saturated heterocycles. The summed E-state index contributed by atoms with van der Waals surface area (Å²) in [5.41, 5.74) is 8.28. The minimum Gasteiger partial charge on any atom is -0.383 e. The van der Waals surface area contributed by atoms with Crippen molar-refractivity contribution in [1.82, 2.24) is 4.31 Å². The lowest BCUT2D eigenvalue weighted by molar-refractivity contribution is 0.445. The second kappa shape index (κ2) is 6.78. The molecule has 0 aromatic heterocycles. The summed E-state index contributed by atoms with van der Waals surface area (Å²) in [5, 5.41) is 0. The molecule has 2 aromatic rings. The molecule has 2 aromatic carbocycles. The quantitative estimate of drug-likeness (QED) is 0.893. The molecule has 0 radical (unpaired) electrons. The van der Waals surface area contributed by atoms with Gasteiger partial charge in [-0.15, -0.1) is 0 Å². The van der Waals surface area contributed by atoms with Crippen LogP contribution in [-0.2, 0) is 10.0 Å². The van der Waals surface area contributed by atoms with Gasteiger partial charge in [0, 0.05) is 24.2 Å². The maximum absolute atomic E-state index is 12.5. The molecular formula is C18H20N4O2S. The van der Waals surface area contributed by atoms with Crippen LogP contribution < -0.4 is 5.73 Å². The van der Waals surface area contributed by atoms with E-state index in [-0.39, 0.29) is 4.90 Å². The van der Waals surface area contributed by atoms with Gasteiger partial charge in [-0.25, -0.2) is 18.4 Å². The third-order valence-electron chi connectivity index (χ3n) is 4.09. The Morgan fingerprint density at radius 2 is 1.60 bits per heavy atom. The standard InChI is InChI=1S/C18H20N4O2S/c1-3-22(4-2)25(23,24)14-11-9-13(10-12-14)20-18-16-8-6-5-7-15(16)17(19)21-18/h5-12H,3-4H2,1-2H3,(H2,19,20,21). The summed E-state index contributed by atoms with van der Waals surface area (Å²) in [7, 11) is -3.47. The van der Waals surface area contributed by atoms with Crippen LogP contribution in [0.25, 0.3) is 0 Å². The van der Waals surface area contributed by atoms with E-state index in [1.807, 2.05) is 38.1 Å². The number of hydrogen-bond acceptors (Lipinski definition) is 4. The van der Waals surface area contributed by atoms with Crippen molar-refractivity contribution in [2.45, 2.75) is 18.7 Å². The highest BCUT2D eigenvalue weighted by molar-refractivity contribution is 7.89. The maximum Gasteiger partial charge on any atom is 0.243 e. The molecule has 7 heteroatoms. The molecule has 6 nitrogen and oxygen atoms in total. The van der Waals surface area contributed by atoms with Crippen LogP contribution in [0.2, 0.25) is 0 Å². The van der Waals surface area contributed by atoms with Crippen LogP contribution in [0, 0.1) is 0 Å². The van der Waals surface area contributed by atoms with Crippen LogP contribution in [0.3, 0.4) is 0 Å². The fourth-order valence-corrected chi connectivity index (χ4v) is 4.21. The summed E-state index contributed by atoms with van der Waals surface area (Å²) in [5.74, 6) is 0.975. The lowest BCUT2D eigenvalue weighted by atomic mass is 10.1. The SMILES string of the molecule is CCN(CC)S(=O)(=O)c1ccc(N=C2N=C(N)c3ccccc32)cc1. The molecule has 130 valence electrons. The highest BCUT2D eigenvalue weighted by atomic mass is 32.2. The molecule has 1 heterocycles. The van der Waals surface area contributed by atoms with Gasteiger partial charge in [0.25, 0.3) is 0 Å². The van der Waals surface area contributed by atoms with E-state index in [0.717, 1.165) is 11.1 Å². The molecule has 0 amide bonds. The van der Waals surface area contributed by atoms with E-state index in [1.54, 1.807) is 24.3 Å². The maximum atomic E-state index is 12.5. The molecule has 0 saturated carbocycles. The summed E-state index contributed by atoms with van der Waals surface area (Å²) in [6.45, 7) is 4.52. The zero-order valence-corrected chi connectivity index (χ0v) is 15.0. The van der Waals surface area contributed by atoms with Crippen molar-refractivity contribution in [3.63, 3.8) is 0 Å².